The van der Waals surface area contributed by atoms with Gasteiger partial charge in [0.05, 0.1) is 12.5 Å². The van der Waals surface area contributed by atoms with Gasteiger partial charge < -0.3 is 9.52 Å². The molecule has 2 heteroatoms. The van der Waals surface area contributed by atoms with Crippen molar-refractivity contribution in [3.8, 4) is 0 Å². The van der Waals surface area contributed by atoms with E-state index in [9.17, 15) is 5.11 Å². The maximum atomic E-state index is 10.4. The monoisotopic (exact) mass is 202 g/mol. The highest BCUT2D eigenvalue weighted by Crippen LogP contribution is 2.29. The molecule has 1 atom stereocenters. The van der Waals surface area contributed by atoms with Crippen molar-refractivity contribution in [1.82, 2.24) is 0 Å². The van der Waals surface area contributed by atoms with Gasteiger partial charge in [-0.1, -0.05) is 29.8 Å². The average molecular weight is 202 g/mol. The van der Waals surface area contributed by atoms with Crippen molar-refractivity contribution in [1.29, 1.82) is 0 Å². The van der Waals surface area contributed by atoms with Gasteiger partial charge in [0.15, 0.2) is 0 Å². The quantitative estimate of drug-likeness (QED) is 0.812. The summed E-state index contributed by atoms with van der Waals surface area (Å²) in [5, 5.41) is 10.4. The number of hydrogen-bond donors (Lipinski definition) is 1. The van der Waals surface area contributed by atoms with Crippen LogP contribution in [0.25, 0.3) is 0 Å². The maximum absolute atomic E-state index is 10.4. The molecule has 0 aliphatic rings. The number of benzene rings is 1. The van der Waals surface area contributed by atoms with E-state index < -0.39 is 5.60 Å². The van der Waals surface area contributed by atoms with E-state index in [1.807, 2.05) is 31.2 Å². The molecule has 1 N–H and O–H groups in total. The minimum atomic E-state index is -0.985. The van der Waals surface area contributed by atoms with Gasteiger partial charge in [-0.3, -0.25) is 0 Å². The zero-order valence-electron chi connectivity index (χ0n) is 8.90. The van der Waals surface area contributed by atoms with Crippen molar-refractivity contribution in [3.63, 3.8) is 0 Å². The van der Waals surface area contributed by atoms with Gasteiger partial charge in [0, 0.05) is 5.56 Å². The molecule has 2 aromatic rings. The highest BCUT2D eigenvalue weighted by atomic mass is 16.3. The van der Waals surface area contributed by atoms with E-state index in [1.165, 1.54) is 5.56 Å². The van der Waals surface area contributed by atoms with Crippen LogP contribution in [0.4, 0.5) is 0 Å². The summed E-state index contributed by atoms with van der Waals surface area (Å²) in [7, 11) is 0. The molecule has 15 heavy (non-hydrogen) atoms. The SMILES string of the molecule is Cc1ccc(C(C)(O)c2ccoc2)cc1. The van der Waals surface area contributed by atoms with Gasteiger partial charge in [-0.05, 0) is 25.5 Å². The van der Waals surface area contributed by atoms with Crippen LogP contribution in [0, 0.1) is 6.92 Å². The van der Waals surface area contributed by atoms with Gasteiger partial charge in [0.1, 0.15) is 5.60 Å². The van der Waals surface area contributed by atoms with E-state index >= 15 is 0 Å². The third-order valence-corrected chi connectivity index (χ3v) is 2.70. The molecule has 1 heterocycles. The minimum absolute atomic E-state index is 0.770. The molecule has 0 aliphatic heterocycles. The molecule has 0 spiro atoms. The molecule has 0 saturated heterocycles. The van der Waals surface area contributed by atoms with Crippen molar-refractivity contribution in [2.45, 2.75) is 19.4 Å². The Balaban J connectivity index is 2.41. The first kappa shape index (κ1) is 9.99. The largest absolute Gasteiger partial charge is 0.472 e. The van der Waals surface area contributed by atoms with Gasteiger partial charge in [-0.15, -0.1) is 0 Å². The van der Waals surface area contributed by atoms with Crippen LogP contribution in [0.5, 0.6) is 0 Å². The van der Waals surface area contributed by atoms with Crippen LogP contribution >= 0.6 is 0 Å². The van der Waals surface area contributed by atoms with Gasteiger partial charge in [-0.2, -0.15) is 0 Å². The van der Waals surface area contributed by atoms with Gasteiger partial charge >= 0.3 is 0 Å². The average Bonchev–Trinajstić information content (AvgIpc) is 2.71. The number of hydrogen-bond acceptors (Lipinski definition) is 2. The minimum Gasteiger partial charge on any atom is -0.472 e. The van der Waals surface area contributed by atoms with Crippen LogP contribution in [-0.4, -0.2) is 5.11 Å². The molecule has 0 radical (unpaired) electrons. The van der Waals surface area contributed by atoms with E-state index in [0.717, 1.165) is 11.1 Å². The van der Waals surface area contributed by atoms with Crippen LogP contribution < -0.4 is 0 Å². The molecular formula is C13H14O2. The number of aliphatic hydroxyl groups is 1. The zero-order chi connectivity index (χ0) is 10.9. The highest BCUT2D eigenvalue weighted by Gasteiger charge is 2.26. The summed E-state index contributed by atoms with van der Waals surface area (Å²) in [6, 6.07) is 9.62. The fourth-order valence-electron chi connectivity index (χ4n) is 1.59. The Morgan fingerprint density at radius 2 is 1.73 bits per heavy atom. The van der Waals surface area contributed by atoms with Crippen molar-refractivity contribution < 1.29 is 9.52 Å². The number of rotatable bonds is 2. The van der Waals surface area contributed by atoms with E-state index in [1.54, 1.807) is 25.5 Å². The van der Waals surface area contributed by atoms with E-state index in [2.05, 4.69) is 0 Å². The zero-order valence-corrected chi connectivity index (χ0v) is 8.90. The molecule has 0 amide bonds. The fourth-order valence-corrected chi connectivity index (χ4v) is 1.59. The van der Waals surface area contributed by atoms with Crippen LogP contribution in [0.1, 0.15) is 23.6 Å². The van der Waals surface area contributed by atoms with Gasteiger partial charge in [-0.25, -0.2) is 0 Å². The van der Waals surface area contributed by atoms with Crippen molar-refractivity contribution in [2.75, 3.05) is 0 Å². The summed E-state index contributed by atoms with van der Waals surface area (Å²) in [6.07, 6.45) is 3.14. The normalized spacial score (nSPS) is 14.9. The molecule has 1 aromatic carbocycles. The Hall–Kier alpha value is -1.54. The van der Waals surface area contributed by atoms with E-state index in [4.69, 9.17) is 4.42 Å². The van der Waals surface area contributed by atoms with Crippen LogP contribution in [0.2, 0.25) is 0 Å². The lowest BCUT2D eigenvalue weighted by molar-refractivity contribution is 0.101. The third kappa shape index (κ3) is 1.81. The van der Waals surface area contributed by atoms with Crippen LogP contribution in [0.15, 0.2) is 47.3 Å². The Morgan fingerprint density at radius 3 is 2.27 bits per heavy atom. The lowest BCUT2D eigenvalue weighted by Gasteiger charge is -2.22. The Labute approximate surface area is 89.2 Å². The third-order valence-electron chi connectivity index (χ3n) is 2.70. The fraction of sp³-hybridized carbons (Fsp3) is 0.231. The van der Waals surface area contributed by atoms with Gasteiger partial charge in [0.2, 0.25) is 0 Å². The molecule has 2 rings (SSSR count). The highest BCUT2D eigenvalue weighted by molar-refractivity contribution is 5.34. The predicted molar refractivity (Wildman–Crippen MR) is 58.6 cm³/mol. The summed E-state index contributed by atoms with van der Waals surface area (Å²) in [5.74, 6) is 0. The molecule has 0 aliphatic carbocycles. The lowest BCUT2D eigenvalue weighted by Crippen LogP contribution is -2.21. The Bertz CT molecular complexity index is 424. The number of aryl methyl sites for hydroxylation is 1. The van der Waals surface area contributed by atoms with Crippen molar-refractivity contribution >= 4 is 0 Å². The van der Waals surface area contributed by atoms with Crippen LogP contribution in [0.3, 0.4) is 0 Å². The van der Waals surface area contributed by atoms with Crippen LogP contribution in [-0.2, 0) is 5.60 Å². The first-order valence-corrected chi connectivity index (χ1v) is 4.93. The summed E-state index contributed by atoms with van der Waals surface area (Å²) >= 11 is 0. The molecule has 0 fully saturated rings. The predicted octanol–water partition coefficient (Wildman–Crippen LogP) is 2.84. The smallest absolute Gasteiger partial charge is 0.115 e. The summed E-state index contributed by atoms with van der Waals surface area (Å²) < 4.78 is 4.99. The second-order valence-corrected chi connectivity index (χ2v) is 3.95. The molecule has 1 unspecified atom stereocenters. The second-order valence-electron chi connectivity index (χ2n) is 3.95. The maximum Gasteiger partial charge on any atom is 0.115 e. The molecular weight excluding hydrogens is 188 g/mol. The summed E-state index contributed by atoms with van der Waals surface area (Å²) in [6.45, 7) is 3.79. The van der Waals surface area contributed by atoms with E-state index in [-0.39, 0.29) is 0 Å². The van der Waals surface area contributed by atoms with Crippen molar-refractivity contribution in [3.05, 3.63) is 59.5 Å². The van der Waals surface area contributed by atoms with Gasteiger partial charge in [0.25, 0.3) is 0 Å². The second kappa shape index (κ2) is 3.55. The molecule has 1 aromatic heterocycles. The van der Waals surface area contributed by atoms with Crippen molar-refractivity contribution in [2.24, 2.45) is 0 Å². The molecule has 2 nitrogen and oxygen atoms in total. The topological polar surface area (TPSA) is 33.4 Å². The lowest BCUT2D eigenvalue weighted by atomic mass is 9.90. The van der Waals surface area contributed by atoms with E-state index in [0.29, 0.717) is 0 Å². The Morgan fingerprint density at radius 1 is 1.07 bits per heavy atom. The molecule has 0 bridgehead atoms. The number of furan rings is 1. The Kier molecular flexibility index (Phi) is 2.37. The molecule has 0 saturated carbocycles. The first-order chi connectivity index (χ1) is 7.10. The molecule has 78 valence electrons. The summed E-state index contributed by atoms with van der Waals surface area (Å²) in [5.41, 5.74) is 1.84. The summed E-state index contributed by atoms with van der Waals surface area (Å²) in [4.78, 5) is 0. The standard InChI is InChI=1S/C13H14O2/c1-10-3-5-11(6-4-10)13(2,14)12-7-8-15-9-12/h3-9,14H,1-2H3. The first-order valence-electron chi connectivity index (χ1n) is 4.93.